The standard InChI is InChI=1S/C29H36FN3O.C3H8/c1-7-10-12-19(4)13-21(6)24(9-3)25(22(17-31)11-8-2)15-23-18-32-28(14-20(23)5)33-29(34)26-16-27(26)30;1-3-2/h9,11,13-15,18,26-27H,4,7-8,10,12,16H2,1-3,5-6H3,(H,32,33,34);3H2,1-2H3/b21-13-,22-11+,24-9+,25-15+;. The third-order valence-electron chi connectivity index (χ3n) is 5.85. The summed E-state index contributed by atoms with van der Waals surface area (Å²) in [6.45, 7) is 18.5. The molecule has 1 aliphatic rings. The number of alkyl halides is 1. The van der Waals surface area contributed by atoms with Crippen molar-refractivity contribution < 1.29 is 9.18 Å². The second-order valence-corrected chi connectivity index (χ2v) is 9.47. The van der Waals surface area contributed by atoms with E-state index in [1.54, 1.807) is 12.3 Å². The Morgan fingerprint density at radius 2 is 1.95 bits per heavy atom. The maximum atomic E-state index is 13.2. The highest BCUT2D eigenvalue weighted by molar-refractivity contribution is 5.94. The Balaban J connectivity index is 0.00000217. The largest absolute Gasteiger partial charge is 0.310 e. The minimum absolute atomic E-state index is 0.277. The van der Waals surface area contributed by atoms with Gasteiger partial charge in [0.2, 0.25) is 5.91 Å². The third kappa shape index (κ3) is 10.3. The summed E-state index contributed by atoms with van der Waals surface area (Å²) in [5.74, 6) is -0.495. The molecule has 0 saturated heterocycles. The average molecular weight is 506 g/mol. The van der Waals surface area contributed by atoms with Crippen LogP contribution in [0.15, 0.2) is 64.9 Å². The lowest BCUT2D eigenvalue weighted by molar-refractivity contribution is -0.117. The molecule has 0 aromatic carbocycles. The molecule has 1 heterocycles. The van der Waals surface area contributed by atoms with Crippen molar-refractivity contribution in [1.82, 2.24) is 4.98 Å². The van der Waals surface area contributed by atoms with Crippen molar-refractivity contribution in [2.75, 3.05) is 5.32 Å². The fraction of sp³-hybridized carbons (Fsp3) is 0.469. The van der Waals surface area contributed by atoms with Crippen LogP contribution in [0.5, 0.6) is 0 Å². The van der Waals surface area contributed by atoms with E-state index in [2.05, 4.69) is 49.8 Å². The molecule has 2 atom stereocenters. The number of nitrogens with one attached hydrogen (secondary N) is 1. The maximum Gasteiger partial charge on any atom is 0.231 e. The Hall–Kier alpha value is -3.26. The van der Waals surface area contributed by atoms with Crippen LogP contribution >= 0.6 is 0 Å². The van der Waals surface area contributed by atoms with Crippen molar-refractivity contribution in [1.29, 1.82) is 5.26 Å². The number of hydrogen-bond donors (Lipinski definition) is 1. The monoisotopic (exact) mass is 505 g/mol. The van der Waals surface area contributed by atoms with Crippen molar-refractivity contribution in [2.45, 2.75) is 93.2 Å². The lowest BCUT2D eigenvalue weighted by Gasteiger charge is -2.15. The topological polar surface area (TPSA) is 65.8 Å². The molecule has 0 aliphatic heterocycles. The van der Waals surface area contributed by atoms with Gasteiger partial charge in [-0.3, -0.25) is 4.79 Å². The molecule has 1 aromatic rings. The zero-order valence-electron chi connectivity index (χ0n) is 23.7. The van der Waals surface area contributed by atoms with Crippen molar-refractivity contribution in [3.63, 3.8) is 0 Å². The summed E-state index contributed by atoms with van der Waals surface area (Å²) < 4.78 is 13.2. The van der Waals surface area contributed by atoms with Crippen LogP contribution in [0.2, 0.25) is 0 Å². The molecule has 2 rings (SSSR count). The summed E-state index contributed by atoms with van der Waals surface area (Å²) in [4.78, 5) is 16.4. The number of aryl methyl sites for hydroxylation is 1. The van der Waals surface area contributed by atoms with Gasteiger partial charge in [0.25, 0.3) is 0 Å². The number of hydrogen-bond acceptors (Lipinski definition) is 3. The number of carbonyl (C=O) groups is 1. The zero-order chi connectivity index (χ0) is 28.0. The first kappa shape index (κ1) is 31.8. The van der Waals surface area contributed by atoms with E-state index < -0.39 is 12.1 Å². The van der Waals surface area contributed by atoms with Crippen LogP contribution in [0.25, 0.3) is 6.08 Å². The van der Waals surface area contributed by atoms with Crippen LogP contribution in [0.1, 0.15) is 91.2 Å². The second kappa shape index (κ2) is 16.5. The summed E-state index contributed by atoms with van der Waals surface area (Å²) in [5.41, 5.74) is 6.25. The van der Waals surface area contributed by atoms with E-state index in [9.17, 15) is 14.4 Å². The maximum absolute atomic E-state index is 13.2. The minimum atomic E-state index is -1.05. The van der Waals surface area contributed by atoms with Gasteiger partial charge >= 0.3 is 0 Å². The number of pyridine rings is 1. The molecule has 2 unspecified atom stereocenters. The Bertz CT molecular complexity index is 1100. The normalized spacial score (nSPS) is 17.9. The number of allylic oxidation sites excluding steroid dienone is 8. The van der Waals surface area contributed by atoms with Crippen LogP contribution in [-0.2, 0) is 4.79 Å². The number of rotatable bonds is 11. The fourth-order valence-corrected chi connectivity index (χ4v) is 3.77. The van der Waals surface area contributed by atoms with E-state index in [1.165, 1.54) is 6.42 Å². The first-order chi connectivity index (χ1) is 17.7. The first-order valence-corrected chi connectivity index (χ1v) is 13.4. The Morgan fingerprint density at radius 3 is 2.43 bits per heavy atom. The quantitative estimate of drug-likeness (QED) is 0.241. The summed E-state index contributed by atoms with van der Waals surface area (Å²) in [7, 11) is 0. The van der Waals surface area contributed by atoms with E-state index in [0.717, 1.165) is 59.1 Å². The van der Waals surface area contributed by atoms with Crippen LogP contribution < -0.4 is 5.32 Å². The summed E-state index contributed by atoms with van der Waals surface area (Å²) in [6.07, 6.45) is 14.1. The number of nitriles is 1. The molecule has 37 heavy (non-hydrogen) atoms. The molecule has 1 amide bonds. The van der Waals surface area contributed by atoms with Gasteiger partial charge in [-0.15, -0.1) is 0 Å². The number of nitrogens with zero attached hydrogens (tertiary/aromatic N) is 2. The number of amides is 1. The van der Waals surface area contributed by atoms with Gasteiger partial charge in [-0.2, -0.15) is 5.26 Å². The molecule has 0 spiro atoms. The molecule has 5 heteroatoms. The molecular formula is C32H44FN3O. The van der Waals surface area contributed by atoms with E-state index in [4.69, 9.17) is 0 Å². The summed E-state index contributed by atoms with van der Waals surface area (Å²) in [6, 6.07) is 4.13. The zero-order valence-corrected chi connectivity index (χ0v) is 23.7. The number of unbranched alkanes of at least 4 members (excludes halogenated alkanes) is 1. The molecule has 0 bridgehead atoms. The molecule has 1 saturated carbocycles. The highest BCUT2D eigenvalue weighted by atomic mass is 19.1. The Morgan fingerprint density at radius 1 is 1.30 bits per heavy atom. The average Bonchev–Trinajstić information content (AvgIpc) is 3.59. The van der Waals surface area contributed by atoms with Gasteiger partial charge < -0.3 is 5.32 Å². The molecule has 200 valence electrons. The van der Waals surface area contributed by atoms with Gasteiger partial charge in [0.15, 0.2) is 0 Å². The van der Waals surface area contributed by atoms with E-state index in [0.29, 0.717) is 11.4 Å². The number of aromatic nitrogens is 1. The minimum Gasteiger partial charge on any atom is -0.310 e. The Labute approximate surface area is 223 Å². The molecule has 1 aromatic heterocycles. The highest BCUT2D eigenvalue weighted by Gasteiger charge is 2.43. The van der Waals surface area contributed by atoms with E-state index in [1.807, 2.05) is 45.9 Å². The SMILES string of the molecule is C=C(\C=C(C)/C(=C\C)C(=C/c1cnc(NC(=O)C2CC2F)cc1C)/C(C#N)=C/CC)CCCC.CCC. The van der Waals surface area contributed by atoms with Crippen LogP contribution in [0, 0.1) is 24.2 Å². The van der Waals surface area contributed by atoms with Gasteiger partial charge in [-0.25, -0.2) is 9.37 Å². The Kier molecular flexibility index (Phi) is 14.1. The molecule has 4 nitrogen and oxygen atoms in total. The smallest absolute Gasteiger partial charge is 0.231 e. The predicted molar refractivity (Wildman–Crippen MR) is 155 cm³/mol. The highest BCUT2D eigenvalue weighted by Crippen LogP contribution is 2.35. The number of halogens is 1. The molecule has 0 radical (unpaired) electrons. The lowest BCUT2D eigenvalue weighted by Crippen LogP contribution is -2.16. The second-order valence-electron chi connectivity index (χ2n) is 9.47. The first-order valence-electron chi connectivity index (χ1n) is 13.4. The molecular weight excluding hydrogens is 461 g/mol. The third-order valence-corrected chi connectivity index (χ3v) is 5.85. The van der Waals surface area contributed by atoms with E-state index in [-0.39, 0.29) is 12.3 Å². The fourth-order valence-electron chi connectivity index (χ4n) is 3.77. The summed E-state index contributed by atoms with van der Waals surface area (Å²) >= 11 is 0. The molecule has 1 fully saturated rings. The van der Waals surface area contributed by atoms with Gasteiger partial charge in [-0.05, 0) is 86.4 Å². The van der Waals surface area contributed by atoms with Crippen molar-refractivity contribution in [3.05, 3.63) is 76.1 Å². The van der Waals surface area contributed by atoms with Crippen LogP contribution in [-0.4, -0.2) is 17.1 Å². The van der Waals surface area contributed by atoms with Gasteiger partial charge in [0.1, 0.15) is 12.0 Å². The lowest BCUT2D eigenvalue weighted by atomic mass is 9.89. The summed E-state index contributed by atoms with van der Waals surface area (Å²) in [5, 5.41) is 12.6. The van der Waals surface area contributed by atoms with E-state index >= 15 is 0 Å². The molecule has 1 N–H and O–H groups in total. The molecule has 1 aliphatic carbocycles. The van der Waals surface area contributed by atoms with Crippen LogP contribution in [0.3, 0.4) is 0 Å². The van der Waals surface area contributed by atoms with Gasteiger partial charge in [-0.1, -0.05) is 70.9 Å². The van der Waals surface area contributed by atoms with Gasteiger partial charge in [0.05, 0.1) is 17.6 Å². The predicted octanol–water partition coefficient (Wildman–Crippen LogP) is 8.99. The number of anilines is 1. The number of carbonyl (C=O) groups excluding carboxylic acids is 1. The van der Waals surface area contributed by atoms with Crippen LogP contribution in [0.4, 0.5) is 10.2 Å². The van der Waals surface area contributed by atoms with Crippen molar-refractivity contribution in [3.8, 4) is 6.07 Å². The van der Waals surface area contributed by atoms with Crippen molar-refractivity contribution >= 4 is 17.8 Å². The van der Waals surface area contributed by atoms with Crippen molar-refractivity contribution in [2.24, 2.45) is 5.92 Å². The van der Waals surface area contributed by atoms with Gasteiger partial charge in [0, 0.05) is 6.20 Å².